The molecule has 0 aromatic heterocycles. The number of rotatable bonds is 5. The highest BCUT2D eigenvalue weighted by molar-refractivity contribution is 7.92. The van der Waals surface area contributed by atoms with Gasteiger partial charge in [-0.15, -0.1) is 0 Å². The molecule has 0 bridgehead atoms. The van der Waals surface area contributed by atoms with Crippen molar-refractivity contribution in [1.29, 1.82) is 0 Å². The smallest absolute Gasteiger partial charge is 0.265 e. The van der Waals surface area contributed by atoms with Crippen molar-refractivity contribution in [2.45, 2.75) is 17.5 Å². The van der Waals surface area contributed by atoms with Crippen LogP contribution in [-0.4, -0.2) is 38.9 Å². The van der Waals surface area contributed by atoms with Crippen molar-refractivity contribution >= 4 is 21.6 Å². The molecule has 1 aliphatic rings. The van der Waals surface area contributed by atoms with E-state index < -0.39 is 16.1 Å². The van der Waals surface area contributed by atoms with Gasteiger partial charge in [-0.25, -0.2) is 8.42 Å². The van der Waals surface area contributed by atoms with Crippen LogP contribution < -0.4 is 9.04 Å². The van der Waals surface area contributed by atoms with Crippen molar-refractivity contribution in [3.8, 4) is 5.75 Å². The molecule has 3 aromatic carbocycles. The van der Waals surface area contributed by atoms with E-state index in [1.54, 1.807) is 66.5 Å². The lowest BCUT2D eigenvalue weighted by Crippen LogP contribution is -2.50. The number of benzene rings is 3. The lowest BCUT2D eigenvalue weighted by molar-refractivity contribution is -0.137. The number of anilines is 1. The second-order valence-electron chi connectivity index (χ2n) is 7.10. The SMILES string of the molecule is CN(Cc1ccccc1)C(=O)[C@H]1CN(S(=O)(=O)c2ccccc2)c2ccccc2O1. The molecule has 0 unspecified atom stereocenters. The first-order chi connectivity index (χ1) is 14.5. The molecule has 1 amide bonds. The summed E-state index contributed by atoms with van der Waals surface area (Å²) in [6, 6.07) is 24.7. The Morgan fingerprint density at radius 1 is 0.967 bits per heavy atom. The summed E-state index contributed by atoms with van der Waals surface area (Å²) in [5, 5.41) is 0. The van der Waals surface area contributed by atoms with Crippen LogP contribution >= 0.6 is 0 Å². The summed E-state index contributed by atoms with van der Waals surface area (Å²) in [5.74, 6) is 0.0938. The quantitative estimate of drug-likeness (QED) is 0.633. The Bertz CT molecular complexity index is 1130. The molecule has 1 heterocycles. The molecule has 0 spiro atoms. The first kappa shape index (κ1) is 20.0. The molecule has 3 aromatic rings. The number of fused-ring (bicyclic) bond motifs is 1. The summed E-state index contributed by atoms with van der Waals surface area (Å²) >= 11 is 0. The van der Waals surface area contributed by atoms with Gasteiger partial charge in [0, 0.05) is 13.6 Å². The average molecular weight is 423 g/mol. The van der Waals surface area contributed by atoms with E-state index in [0.717, 1.165) is 5.56 Å². The summed E-state index contributed by atoms with van der Waals surface area (Å²) in [5.41, 5.74) is 1.41. The van der Waals surface area contributed by atoms with Gasteiger partial charge < -0.3 is 9.64 Å². The van der Waals surface area contributed by atoms with E-state index in [0.29, 0.717) is 18.0 Å². The van der Waals surface area contributed by atoms with E-state index in [-0.39, 0.29) is 17.3 Å². The Morgan fingerprint density at radius 3 is 2.27 bits per heavy atom. The summed E-state index contributed by atoms with van der Waals surface area (Å²) in [4.78, 5) is 14.8. The van der Waals surface area contributed by atoms with Crippen LogP contribution in [0, 0.1) is 0 Å². The van der Waals surface area contributed by atoms with Crippen molar-refractivity contribution in [1.82, 2.24) is 4.90 Å². The highest BCUT2D eigenvalue weighted by atomic mass is 32.2. The van der Waals surface area contributed by atoms with Gasteiger partial charge in [0.15, 0.2) is 6.10 Å². The van der Waals surface area contributed by atoms with Crippen LogP contribution in [0.2, 0.25) is 0 Å². The highest BCUT2D eigenvalue weighted by Gasteiger charge is 2.38. The zero-order chi connectivity index (χ0) is 21.1. The zero-order valence-corrected chi connectivity index (χ0v) is 17.3. The fourth-order valence-corrected chi connectivity index (χ4v) is 4.96. The summed E-state index contributed by atoms with van der Waals surface area (Å²) < 4.78 is 33.8. The minimum atomic E-state index is -3.84. The first-order valence-corrected chi connectivity index (χ1v) is 11.0. The van der Waals surface area contributed by atoms with Crippen molar-refractivity contribution in [2.24, 2.45) is 0 Å². The maximum Gasteiger partial charge on any atom is 0.265 e. The van der Waals surface area contributed by atoms with E-state index in [9.17, 15) is 13.2 Å². The number of ether oxygens (including phenoxy) is 1. The minimum absolute atomic E-state index is 0.0911. The van der Waals surface area contributed by atoms with Crippen molar-refractivity contribution < 1.29 is 17.9 Å². The van der Waals surface area contributed by atoms with Gasteiger partial charge >= 0.3 is 0 Å². The van der Waals surface area contributed by atoms with E-state index in [2.05, 4.69) is 0 Å². The molecule has 4 rings (SSSR count). The maximum atomic E-state index is 13.3. The largest absolute Gasteiger partial charge is 0.476 e. The molecule has 7 heteroatoms. The number of likely N-dealkylation sites (N-methyl/N-ethyl adjacent to an activating group) is 1. The number of sulfonamides is 1. The topological polar surface area (TPSA) is 66.9 Å². The number of para-hydroxylation sites is 2. The number of carbonyl (C=O) groups excluding carboxylic acids is 1. The molecule has 30 heavy (non-hydrogen) atoms. The predicted molar refractivity (Wildman–Crippen MR) is 115 cm³/mol. The van der Waals surface area contributed by atoms with Gasteiger partial charge in [0.25, 0.3) is 15.9 Å². The molecule has 0 aliphatic carbocycles. The number of amides is 1. The summed E-state index contributed by atoms with van der Waals surface area (Å²) in [7, 11) is -2.15. The van der Waals surface area contributed by atoms with E-state index in [4.69, 9.17) is 4.74 Å². The van der Waals surface area contributed by atoms with Crippen LogP contribution in [0.25, 0.3) is 0 Å². The molecule has 0 N–H and O–H groups in total. The van der Waals surface area contributed by atoms with E-state index in [1.165, 1.54) is 4.31 Å². The Kier molecular flexibility index (Phi) is 5.46. The number of hydrogen-bond donors (Lipinski definition) is 0. The second-order valence-corrected chi connectivity index (χ2v) is 8.97. The number of carbonyl (C=O) groups is 1. The van der Waals surface area contributed by atoms with Gasteiger partial charge in [-0.2, -0.15) is 0 Å². The van der Waals surface area contributed by atoms with Crippen LogP contribution in [0.3, 0.4) is 0 Å². The fraction of sp³-hybridized carbons (Fsp3) is 0.174. The van der Waals surface area contributed by atoms with Gasteiger partial charge in [0.05, 0.1) is 17.1 Å². The summed E-state index contributed by atoms with van der Waals surface area (Å²) in [6.07, 6.45) is -0.938. The molecule has 6 nitrogen and oxygen atoms in total. The van der Waals surface area contributed by atoms with Crippen LogP contribution in [0.5, 0.6) is 5.75 Å². The van der Waals surface area contributed by atoms with Crippen LogP contribution in [0.4, 0.5) is 5.69 Å². The fourth-order valence-electron chi connectivity index (χ4n) is 3.46. The van der Waals surface area contributed by atoms with Crippen LogP contribution in [-0.2, 0) is 21.4 Å². The Hall–Kier alpha value is -3.32. The van der Waals surface area contributed by atoms with Crippen molar-refractivity contribution in [3.63, 3.8) is 0 Å². The normalized spacial score (nSPS) is 15.8. The maximum absolute atomic E-state index is 13.3. The molecule has 154 valence electrons. The zero-order valence-electron chi connectivity index (χ0n) is 16.5. The number of nitrogens with zero attached hydrogens (tertiary/aromatic N) is 2. The van der Waals surface area contributed by atoms with Gasteiger partial charge in [0.1, 0.15) is 5.75 Å². The second kappa shape index (κ2) is 8.20. The van der Waals surface area contributed by atoms with Gasteiger partial charge in [0.2, 0.25) is 0 Å². The lowest BCUT2D eigenvalue weighted by Gasteiger charge is -2.36. The van der Waals surface area contributed by atoms with Crippen molar-refractivity contribution in [2.75, 3.05) is 17.9 Å². The third-order valence-electron chi connectivity index (χ3n) is 4.98. The molecule has 1 aliphatic heterocycles. The molecule has 0 saturated heterocycles. The third-order valence-corrected chi connectivity index (χ3v) is 6.77. The van der Waals surface area contributed by atoms with Crippen LogP contribution in [0.15, 0.2) is 89.8 Å². The first-order valence-electron chi connectivity index (χ1n) is 9.59. The van der Waals surface area contributed by atoms with E-state index in [1.807, 2.05) is 30.3 Å². The van der Waals surface area contributed by atoms with E-state index >= 15 is 0 Å². The lowest BCUT2D eigenvalue weighted by atomic mass is 10.2. The molecule has 0 saturated carbocycles. The van der Waals surface area contributed by atoms with Gasteiger partial charge in [-0.05, 0) is 29.8 Å². The molecular weight excluding hydrogens is 400 g/mol. The standard InChI is InChI=1S/C23H22N2O4S/c1-24(16-18-10-4-2-5-11-18)23(26)22-17-25(20-14-8-9-15-21(20)29-22)30(27,28)19-12-6-3-7-13-19/h2-15,22H,16-17H2,1H3/t22-/m1/s1. The Morgan fingerprint density at radius 2 is 1.57 bits per heavy atom. The molecule has 0 radical (unpaired) electrons. The monoisotopic (exact) mass is 422 g/mol. The molecule has 0 fully saturated rings. The Labute approximate surface area is 176 Å². The molecule has 1 atom stereocenters. The van der Waals surface area contributed by atoms with Gasteiger partial charge in [-0.1, -0.05) is 60.7 Å². The minimum Gasteiger partial charge on any atom is -0.476 e. The highest BCUT2D eigenvalue weighted by Crippen LogP contribution is 2.37. The average Bonchev–Trinajstić information content (AvgIpc) is 2.79. The predicted octanol–water partition coefficient (Wildman–Crippen LogP) is 3.30. The van der Waals surface area contributed by atoms with Gasteiger partial charge in [-0.3, -0.25) is 9.10 Å². The molecular formula is C23H22N2O4S. The van der Waals surface area contributed by atoms with Crippen LogP contribution in [0.1, 0.15) is 5.56 Å². The third kappa shape index (κ3) is 3.89. The van der Waals surface area contributed by atoms with Crippen molar-refractivity contribution in [3.05, 3.63) is 90.5 Å². The number of hydrogen-bond acceptors (Lipinski definition) is 4. The Balaban J connectivity index is 1.64. The summed E-state index contributed by atoms with van der Waals surface area (Å²) in [6.45, 7) is 0.318.